The van der Waals surface area contributed by atoms with Crippen molar-refractivity contribution in [1.29, 1.82) is 0 Å². The number of rotatable bonds is 5. The summed E-state index contributed by atoms with van der Waals surface area (Å²) in [5, 5.41) is 3.19. The van der Waals surface area contributed by atoms with E-state index in [1.807, 2.05) is 25.9 Å². The quantitative estimate of drug-likeness (QED) is 0.847. The van der Waals surface area contributed by atoms with Gasteiger partial charge in [0.25, 0.3) is 0 Å². The number of carbonyl (C=O) groups excluding carboxylic acids is 1. The molecule has 1 aliphatic carbocycles. The van der Waals surface area contributed by atoms with Crippen molar-refractivity contribution in [1.82, 2.24) is 10.2 Å². The van der Waals surface area contributed by atoms with Gasteiger partial charge in [-0.2, -0.15) is 0 Å². The van der Waals surface area contributed by atoms with E-state index in [4.69, 9.17) is 0 Å². The minimum absolute atomic E-state index is 0.0396. The first-order valence-corrected chi connectivity index (χ1v) is 9.21. The summed E-state index contributed by atoms with van der Waals surface area (Å²) >= 11 is 0. The minimum atomic E-state index is -4.68. The highest BCUT2D eigenvalue weighted by Gasteiger charge is 2.43. The predicted octanol–water partition coefficient (Wildman–Crippen LogP) is 2.87. The molecular weight excluding hydrogens is 359 g/mol. The Hall–Kier alpha value is -1.96. The van der Waals surface area contributed by atoms with E-state index in [1.54, 1.807) is 12.1 Å². The van der Waals surface area contributed by atoms with Crippen LogP contribution in [0.15, 0.2) is 24.3 Å². The molecule has 1 saturated heterocycles. The molecule has 0 spiro atoms. The van der Waals surface area contributed by atoms with Crippen molar-refractivity contribution in [2.24, 2.45) is 11.8 Å². The average molecular weight is 385 g/mol. The lowest BCUT2D eigenvalue weighted by molar-refractivity contribution is -0.274. The van der Waals surface area contributed by atoms with E-state index < -0.39 is 6.36 Å². The van der Waals surface area contributed by atoms with Gasteiger partial charge < -0.3 is 15.0 Å². The maximum Gasteiger partial charge on any atom is 0.573 e. The third kappa shape index (κ3) is 4.66. The number of nitrogens with zero attached hydrogens (tertiary/aromatic N) is 2. The van der Waals surface area contributed by atoms with Crippen LogP contribution in [0.2, 0.25) is 0 Å². The van der Waals surface area contributed by atoms with Crippen LogP contribution in [0.1, 0.15) is 19.8 Å². The zero-order valence-electron chi connectivity index (χ0n) is 15.8. The molecule has 4 atom stereocenters. The molecule has 0 aromatic heterocycles. The second-order valence-electron chi connectivity index (χ2n) is 7.70. The summed E-state index contributed by atoms with van der Waals surface area (Å²) in [6.07, 6.45) is -2.65. The monoisotopic (exact) mass is 385 g/mol. The molecule has 5 nitrogen and oxygen atoms in total. The van der Waals surface area contributed by atoms with Crippen LogP contribution in [0.25, 0.3) is 0 Å². The molecular formula is C19H26F3N3O2. The maximum absolute atomic E-state index is 12.4. The fourth-order valence-corrected chi connectivity index (χ4v) is 4.05. The summed E-state index contributed by atoms with van der Waals surface area (Å²) in [7, 11) is 3.76. The van der Waals surface area contributed by atoms with Gasteiger partial charge in [0, 0.05) is 30.7 Å². The Morgan fingerprint density at radius 2 is 1.89 bits per heavy atom. The third-order valence-electron chi connectivity index (χ3n) is 5.77. The van der Waals surface area contributed by atoms with Gasteiger partial charge in [0.2, 0.25) is 5.91 Å². The Bertz CT molecular complexity index is 663. The number of nitrogens with one attached hydrogen (secondary N) is 1. The van der Waals surface area contributed by atoms with Crippen molar-refractivity contribution in [3.05, 3.63) is 24.3 Å². The van der Waals surface area contributed by atoms with Gasteiger partial charge in [-0.05, 0) is 64.0 Å². The first-order valence-electron chi connectivity index (χ1n) is 9.21. The summed E-state index contributed by atoms with van der Waals surface area (Å²) in [5.41, 5.74) is 0.880. The topological polar surface area (TPSA) is 44.8 Å². The number of hydrogen-bond donors (Lipinski definition) is 1. The molecule has 3 rings (SSSR count). The van der Waals surface area contributed by atoms with Crippen LogP contribution in [0.4, 0.5) is 18.9 Å². The smallest absolute Gasteiger partial charge is 0.406 e. The SMILES string of the molecule is C[C@@H](C(=O)N[C@H]1CC[C@@H]2CN(c3ccc(OC(F)(F)F)cc3)C[C@@H]21)N(C)C. The molecule has 8 heteroatoms. The van der Waals surface area contributed by atoms with Gasteiger partial charge in [-0.1, -0.05) is 0 Å². The molecule has 2 aliphatic rings. The Kier molecular flexibility index (Phi) is 5.55. The number of ether oxygens (including phenoxy) is 1. The number of carbonyl (C=O) groups is 1. The molecule has 1 N–H and O–H groups in total. The number of halogens is 3. The molecule has 1 aromatic carbocycles. The van der Waals surface area contributed by atoms with Crippen molar-refractivity contribution in [3.8, 4) is 5.75 Å². The summed E-state index contributed by atoms with van der Waals surface area (Å²) < 4.78 is 40.8. The van der Waals surface area contributed by atoms with Crippen LogP contribution < -0.4 is 15.0 Å². The van der Waals surface area contributed by atoms with E-state index in [9.17, 15) is 18.0 Å². The highest BCUT2D eigenvalue weighted by atomic mass is 19.4. The number of amides is 1. The van der Waals surface area contributed by atoms with Crippen LogP contribution in [0, 0.1) is 11.8 Å². The lowest BCUT2D eigenvalue weighted by atomic mass is 9.97. The second kappa shape index (κ2) is 7.58. The fraction of sp³-hybridized carbons (Fsp3) is 0.632. The van der Waals surface area contributed by atoms with Gasteiger partial charge in [0.15, 0.2) is 0 Å². The lowest BCUT2D eigenvalue weighted by Crippen LogP contribution is -2.47. The van der Waals surface area contributed by atoms with E-state index in [2.05, 4.69) is 15.0 Å². The van der Waals surface area contributed by atoms with Crippen molar-refractivity contribution >= 4 is 11.6 Å². The number of benzene rings is 1. The summed E-state index contributed by atoms with van der Waals surface area (Å²) in [6, 6.07) is 5.97. The van der Waals surface area contributed by atoms with Crippen LogP contribution >= 0.6 is 0 Å². The summed E-state index contributed by atoms with van der Waals surface area (Å²) in [5.74, 6) is 0.691. The Morgan fingerprint density at radius 3 is 2.48 bits per heavy atom. The lowest BCUT2D eigenvalue weighted by Gasteiger charge is -2.26. The molecule has 0 unspecified atom stereocenters. The van der Waals surface area contributed by atoms with Gasteiger partial charge in [0.1, 0.15) is 5.75 Å². The van der Waals surface area contributed by atoms with E-state index in [1.165, 1.54) is 12.1 Å². The van der Waals surface area contributed by atoms with Crippen molar-refractivity contribution in [3.63, 3.8) is 0 Å². The number of fused-ring (bicyclic) bond motifs is 1. The average Bonchev–Trinajstić information content (AvgIpc) is 3.15. The molecule has 1 saturated carbocycles. The van der Waals surface area contributed by atoms with Crippen LogP contribution in [-0.2, 0) is 4.79 Å². The Balaban J connectivity index is 1.60. The maximum atomic E-state index is 12.4. The van der Waals surface area contributed by atoms with E-state index in [0.717, 1.165) is 31.6 Å². The van der Waals surface area contributed by atoms with Crippen LogP contribution in [0.5, 0.6) is 5.75 Å². The standard InChI is InChI=1S/C19H26F3N3O2/c1-12(24(2)3)18(26)23-17-9-4-13-10-25(11-16(13)17)14-5-7-15(8-6-14)27-19(20,21)22/h5-8,12-13,16-17H,4,9-11H2,1-3H3,(H,23,26)/t12-,13+,16-,17-/m0/s1. The molecule has 0 bridgehead atoms. The third-order valence-corrected chi connectivity index (χ3v) is 5.77. The van der Waals surface area contributed by atoms with E-state index in [0.29, 0.717) is 11.8 Å². The van der Waals surface area contributed by atoms with Crippen molar-refractivity contribution < 1.29 is 22.7 Å². The minimum Gasteiger partial charge on any atom is -0.406 e. The zero-order chi connectivity index (χ0) is 19.8. The first-order chi connectivity index (χ1) is 12.6. The molecule has 1 heterocycles. The molecule has 1 aromatic rings. The molecule has 1 aliphatic heterocycles. The van der Waals surface area contributed by atoms with Crippen molar-refractivity contribution in [2.45, 2.75) is 38.2 Å². The second-order valence-corrected chi connectivity index (χ2v) is 7.70. The number of anilines is 1. The molecule has 1 amide bonds. The van der Waals surface area contributed by atoms with Gasteiger partial charge in [0.05, 0.1) is 6.04 Å². The first kappa shape index (κ1) is 19.8. The number of hydrogen-bond acceptors (Lipinski definition) is 4. The molecule has 2 fully saturated rings. The fourth-order valence-electron chi connectivity index (χ4n) is 4.05. The Morgan fingerprint density at radius 1 is 1.22 bits per heavy atom. The van der Waals surface area contributed by atoms with Gasteiger partial charge in [-0.15, -0.1) is 13.2 Å². The number of alkyl halides is 3. The van der Waals surface area contributed by atoms with E-state index in [-0.39, 0.29) is 23.7 Å². The van der Waals surface area contributed by atoms with E-state index >= 15 is 0 Å². The Labute approximate surface area is 157 Å². The molecule has 27 heavy (non-hydrogen) atoms. The van der Waals surface area contributed by atoms with Gasteiger partial charge in [-0.3, -0.25) is 9.69 Å². The molecule has 150 valence electrons. The number of likely N-dealkylation sites (N-methyl/N-ethyl adjacent to an activating group) is 1. The van der Waals surface area contributed by atoms with Gasteiger partial charge >= 0.3 is 6.36 Å². The normalized spacial score (nSPS) is 26.2. The van der Waals surface area contributed by atoms with Crippen LogP contribution in [0.3, 0.4) is 0 Å². The highest BCUT2D eigenvalue weighted by molar-refractivity contribution is 5.81. The predicted molar refractivity (Wildman–Crippen MR) is 96.6 cm³/mol. The van der Waals surface area contributed by atoms with Gasteiger partial charge in [-0.25, -0.2) is 0 Å². The summed E-state index contributed by atoms with van der Waals surface area (Å²) in [6.45, 7) is 3.54. The molecule has 0 radical (unpaired) electrons. The van der Waals surface area contributed by atoms with Crippen molar-refractivity contribution in [2.75, 3.05) is 32.1 Å². The zero-order valence-corrected chi connectivity index (χ0v) is 15.8. The highest BCUT2D eigenvalue weighted by Crippen LogP contribution is 2.40. The van der Waals surface area contributed by atoms with Crippen LogP contribution in [-0.4, -0.2) is 56.4 Å². The largest absolute Gasteiger partial charge is 0.573 e. The summed E-state index contributed by atoms with van der Waals surface area (Å²) in [4.78, 5) is 16.4.